The number of methoxy groups -OCH3 is 1. The van der Waals surface area contributed by atoms with Crippen molar-refractivity contribution in [1.82, 2.24) is 9.97 Å². The van der Waals surface area contributed by atoms with E-state index in [0.717, 1.165) is 23.4 Å². The van der Waals surface area contributed by atoms with Gasteiger partial charge < -0.3 is 15.4 Å². The number of benzene rings is 2. The smallest absolute Gasteiger partial charge is 0.274 e. The number of anilines is 2. The van der Waals surface area contributed by atoms with E-state index in [9.17, 15) is 13.6 Å². The molecule has 3 aromatic rings. The lowest BCUT2D eigenvalue weighted by Crippen LogP contribution is -2.18. The van der Waals surface area contributed by atoms with Crippen molar-refractivity contribution in [2.75, 3.05) is 24.3 Å². The Kier molecular flexibility index (Phi) is 6.33. The zero-order chi connectivity index (χ0) is 20.8. The third-order valence-corrected chi connectivity index (χ3v) is 4.12. The molecule has 0 fully saturated rings. The molecule has 0 unspecified atom stereocenters. The Morgan fingerprint density at radius 3 is 2.52 bits per heavy atom. The highest BCUT2D eigenvalue weighted by Crippen LogP contribution is 2.19. The second-order valence-electron chi connectivity index (χ2n) is 6.30. The molecule has 0 aliphatic carbocycles. The van der Waals surface area contributed by atoms with Gasteiger partial charge in [-0.15, -0.1) is 0 Å². The van der Waals surface area contributed by atoms with E-state index in [1.807, 2.05) is 24.3 Å². The van der Waals surface area contributed by atoms with Crippen LogP contribution in [0, 0.1) is 18.6 Å². The maximum Gasteiger partial charge on any atom is 0.274 e. The number of para-hydroxylation sites is 1. The number of nitrogens with one attached hydrogen (secondary N) is 2. The van der Waals surface area contributed by atoms with Crippen molar-refractivity contribution in [3.8, 4) is 5.75 Å². The number of aromatic nitrogens is 2. The predicted molar refractivity (Wildman–Crippen MR) is 106 cm³/mol. The molecule has 2 N–H and O–H groups in total. The number of carbonyl (C=O) groups excluding carboxylic acids is 1. The van der Waals surface area contributed by atoms with Gasteiger partial charge in [0.1, 0.15) is 28.8 Å². The summed E-state index contributed by atoms with van der Waals surface area (Å²) in [5.41, 5.74) is 1.10. The molecule has 3 rings (SSSR count). The summed E-state index contributed by atoms with van der Waals surface area (Å²) in [7, 11) is 1.61. The number of halogens is 2. The summed E-state index contributed by atoms with van der Waals surface area (Å²) in [6.07, 6.45) is 0.691. The van der Waals surface area contributed by atoms with Gasteiger partial charge in [-0.25, -0.2) is 18.7 Å². The summed E-state index contributed by atoms with van der Waals surface area (Å²) in [6.45, 7) is 2.23. The third kappa shape index (κ3) is 5.25. The molecule has 0 atom stereocenters. The Labute approximate surface area is 167 Å². The van der Waals surface area contributed by atoms with E-state index in [1.165, 1.54) is 12.1 Å². The predicted octanol–water partition coefficient (Wildman–Crippen LogP) is 3.98. The van der Waals surface area contributed by atoms with E-state index in [2.05, 4.69) is 20.6 Å². The first-order valence-corrected chi connectivity index (χ1v) is 8.94. The molecule has 1 heterocycles. The topological polar surface area (TPSA) is 76.1 Å². The average molecular weight is 398 g/mol. The van der Waals surface area contributed by atoms with Gasteiger partial charge in [-0.05, 0) is 49.2 Å². The monoisotopic (exact) mass is 398 g/mol. The summed E-state index contributed by atoms with van der Waals surface area (Å²) < 4.78 is 32.7. The molecule has 0 spiro atoms. The van der Waals surface area contributed by atoms with Crippen molar-refractivity contribution in [3.05, 3.63) is 77.1 Å². The molecule has 6 nitrogen and oxygen atoms in total. The molecule has 0 saturated carbocycles. The van der Waals surface area contributed by atoms with E-state index in [0.29, 0.717) is 18.7 Å². The van der Waals surface area contributed by atoms with E-state index < -0.39 is 23.2 Å². The Balaban J connectivity index is 1.68. The number of hydrogen-bond acceptors (Lipinski definition) is 5. The van der Waals surface area contributed by atoms with Gasteiger partial charge in [0.2, 0.25) is 5.95 Å². The largest absolute Gasteiger partial charge is 0.497 e. The molecular formula is C21H20F2N4O2. The maximum atomic E-state index is 13.8. The second-order valence-corrected chi connectivity index (χ2v) is 6.30. The molecule has 29 heavy (non-hydrogen) atoms. The summed E-state index contributed by atoms with van der Waals surface area (Å²) in [6, 6.07) is 12.5. The molecule has 0 aliphatic heterocycles. The molecule has 0 saturated heterocycles. The minimum absolute atomic E-state index is 0.00373. The van der Waals surface area contributed by atoms with E-state index >= 15 is 0 Å². The van der Waals surface area contributed by atoms with Crippen LogP contribution in [0.25, 0.3) is 0 Å². The lowest BCUT2D eigenvalue weighted by Gasteiger charge is -2.10. The van der Waals surface area contributed by atoms with Crippen LogP contribution in [-0.2, 0) is 6.42 Å². The fourth-order valence-electron chi connectivity index (χ4n) is 2.71. The Hall–Kier alpha value is -3.55. The van der Waals surface area contributed by atoms with Crippen LogP contribution in [0.5, 0.6) is 5.75 Å². The van der Waals surface area contributed by atoms with Crippen molar-refractivity contribution in [2.45, 2.75) is 13.3 Å². The van der Waals surface area contributed by atoms with Gasteiger partial charge in [0.15, 0.2) is 0 Å². The average Bonchev–Trinajstić information content (AvgIpc) is 2.70. The maximum absolute atomic E-state index is 13.8. The van der Waals surface area contributed by atoms with Gasteiger partial charge in [0, 0.05) is 12.2 Å². The van der Waals surface area contributed by atoms with Gasteiger partial charge in [-0.1, -0.05) is 18.2 Å². The van der Waals surface area contributed by atoms with Crippen molar-refractivity contribution >= 4 is 17.5 Å². The molecule has 0 aliphatic rings. The van der Waals surface area contributed by atoms with Gasteiger partial charge in [-0.2, -0.15) is 0 Å². The standard InChI is InChI=1S/C21H20F2N4O2/c1-13-11-18(20(28)27-19-16(22)7-4-8-17(19)23)26-21(25-13)24-10-9-14-5-3-6-15(12-14)29-2/h3-8,11-12H,9-10H2,1-2H3,(H,27,28)(H,24,25,26). The van der Waals surface area contributed by atoms with Crippen LogP contribution in [0.1, 0.15) is 21.7 Å². The first-order chi connectivity index (χ1) is 14.0. The van der Waals surface area contributed by atoms with Crippen LogP contribution in [0.4, 0.5) is 20.4 Å². The summed E-state index contributed by atoms with van der Waals surface area (Å²) >= 11 is 0. The summed E-state index contributed by atoms with van der Waals surface area (Å²) in [5, 5.41) is 5.29. The molecule has 8 heteroatoms. The molecule has 2 aromatic carbocycles. The minimum atomic E-state index is -0.860. The van der Waals surface area contributed by atoms with Crippen LogP contribution < -0.4 is 15.4 Å². The number of aryl methyl sites for hydroxylation is 1. The highest BCUT2D eigenvalue weighted by molar-refractivity contribution is 6.03. The lowest BCUT2D eigenvalue weighted by molar-refractivity contribution is 0.102. The first kappa shape index (κ1) is 20.2. The number of rotatable bonds is 7. The SMILES string of the molecule is COc1cccc(CCNc2nc(C)cc(C(=O)Nc3c(F)cccc3F)n2)c1. The van der Waals surface area contributed by atoms with E-state index in [1.54, 1.807) is 14.0 Å². The van der Waals surface area contributed by atoms with Crippen LogP contribution in [0.2, 0.25) is 0 Å². The second kappa shape index (κ2) is 9.09. The summed E-state index contributed by atoms with van der Waals surface area (Å²) in [5.74, 6) is -1.42. The molecular weight excluding hydrogens is 378 g/mol. The number of nitrogens with zero attached hydrogens (tertiary/aromatic N) is 2. The number of hydrogen-bond donors (Lipinski definition) is 2. The fraction of sp³-hybridized carbons (Fsp3) is 0.190. The molecule has 0 radical (unpaired) electrons. The fourth-order valence-corrected chi connectivity index (χ4v) is 2.71. The third-order valence-electron chi connectivity index (χ3n) is 4.12. The number of amides is 1. The molecule has 0 bridgehead atoms. The minimum Gasteiger partial charge on any atom is -0.497 e. The highest BCUT2D eigenvalue weighted by Gasteiger charge is 2.16. The number of carbonyl (C=O) groups is 1. The first-order valence-electron chi connectivity index (χ1n) is 8.94. The van der Waals surface area contributed by atoms with Crippen molar-refractivity contribution in [1.29, 1.82) is 0 Å². The van der Waals surface area contributed by atoms with E-state index in [-0.39, 0.29) is 11.6 Å². The van der Waals surface area contributed by atoms with Crippen molar-refractivity contribution < 1.29 is 18.3 Å². The van der Waals surface area contributed by atoms with Crippen molar-refractivity contribution in [2.24, 2.45) is 0 Å². The van der Waals surface area contributed by atoms with Gasteiger partial charge in [0.05, 0.1) is 7.11 Å². The van der Waals surface area contributed by atoms with Gasteiger partial charge in [-0.3, -0.25) is 4.79 Å². The molecule has 1 aromatic heterocycles. The zero-order valence-electron chi connectivity index (χ0n) is 16.0. The quantitative estimate of drug-likeness (QED) is 0.630. The van der Waals surface area contributed by atoms with Crippen LogP contribution in [-0.4, -0.2) is 29.5 Å². The zero-order valence-corrected chi connectivity index (χ0v) is 16.0. The molecule has 1 amide bonds. The Bertz CT molecular complexity index is 1010. The lowest BCUT2D eigenvalue weighted by atomic mass is 10.1. The van der Waals surface area contributed by atoms with Crippen LogP contribution >= 0.6 is 0 Å². The molecule has 150 valence electrons. The van der Waals surface area contributed by atoms with Crippen molar-refractivity contribution in [3.63, 3.8) is 0 Å². The number of ether oxygens (including phenoxy) is 1. The van der Waals surface area contributed by atoms with Gasteiger partial charge >= 0.3 is 0 Å². The normalized spacial score (nSPS) is 10.5. The Morgan fingerprint density at radius 1 is 1.07 bits per heavy atom. The van der Waals surface area contributed by atoms with Gasteiger partial charge in [0.25, 0.3) is 5.91 Å². The summed E-state index contributed by atoms with van der Waals surface area (Å²) in [4.78, 5) is 20.8. The Morgan fingerprint density at radius 2 is 1.79 bits per heavy atom. The van der Waals surface area contributed by atoms with E-state index in [4.69, 9.17) is 4.74 Å². The van der Waals surface area contributed by atoms with Crippen LogP contribution in [0.3, 0.4) is 0 Å². The highest BCUT2D eigenvalue weighted by atomic mass is 19.1. The van der Waals surface area contributed by atoms with Crippen LogP contribution in [0.15, 0.2) is 48.5 Å².